The fraction of sp³-hybridized carbons (Fsp3) is 0.250. The molecule has 0 aromatic carbocycles. The van der Waals surface area contributed by atoms with Crippen LogP contribution in [0.15, 0.2) is 24.8 Å². The summed E-state index contributed by atoms with van der Waals surface area (Å²) in [5.41, 5.74) is 2.00. The zero-order chi connectivity index (χ0) is 7.97. The summed E-state index contributed by atoms with van der Waals surface area (Å²) in [4.78, 5) is 8.18. The predicted octanol–water partition coefficient (Wildman–Crippen LogP) is 0.801. The van der Waals surface area contributed by atoms with Gasteiger partial charge in [-0.05, 0) is 0 Å². The minimum Gasteiger partial charge on any atom is -0.366 e. The van der Waals surface area contributed by atoms with E-state index in [1.807, 2.05) is 16.8 Å². The first-order valence-electron chi connectivity index (χ1n) is 3.84. The van der Waals surface area contributed by atoms with Crippen LogP contribution in [0.5, 0.6) is 0 Å². The fourth-order valence-corrected chi connectivity index (χ4v) is 1.32. The van der Waals surface area contributed by atoms with Crippen LogP contribution in [0.1, 0.15) is 11.8 Å². The summed E-state index contributed by atoms with van der Waals surface area (Å²) in [6.07, 6.45) is 7.49. The summed E-state index contributed by atoms with van der Waals surface area (Å²) in [6, 6.07) is 0. The molecular weight excluding hydrogens is 154 g/mol. The highest BCUT2D eigenvalue weighted by atomic mass is 16.6. The van der Waals surface area contributed by atoms with Crippen LogP contribution in [0.4, 0.5) is 0 Å². The number of aromatic nitrogens is 3. The molecule has 12 heavy (non-hydrogen) atoms. The highest BCUT2D eigenvalue weighted by molar-refractivity contribution is 5.38. The molecule has 4 heteroatoms. The first-order chi connectivity index (χ1) is 5.95. The summed E-state index contributed by atoms with van der Waals surface area (Å²) in [5, 5.41) is 0. The second-order valence-electron chi connectivity index (χ2n) is 2.81. The second kappa shape index (κ2) is 2.04. The lowest BCUT2D eigenvalue weighted by atomic mass is 10.4. The monoisotopic (exact) mass is 161 g/mol. The zero-order valence-electron chi connectivity index (χ0n) is 6.34. The molecule has 3 heterocycles. The van der Waals surface area contributed by atoms with Crippen molar-refractivity contribution in [2.45, 2.75) is 6.10 Å². The van der Waals surface area contributed by atoms with Crippen LogP contribution < -0.4 is 0 Å². The van der Waals surface area contributed by atoms with E-state index in [1.165, 1.54) is 0 Å². The first kappa shape index (κ1) is 6.14. The Labute approximate surface area is 68.8 Å². The van der Waals surface area contributed by atoms with Crippen molar-refractivity contribution in [2.75, 3.05) is 6.61 Å². The van der Waals surface area contributed by atoms with Gasteiger partial charge in [-0.2, -0.15) is 0 Å². The van der Waals surface area contributed by atoms with E-state index in [4.69, 9.17) is 4.74 Å². The number of imidazole rings is 1. The molecule has 0 N–H and O–H groups in total. The maximum Gasteiger partial charge on any atom is 0.155 e. The van der Waals surface area contributed by atoms with E-state index in [2.05, 4.69) is 9.97 Å². The Morgan fingerprint density at radius 2 is 2.42 bits per heavy atom. The van der Waals surface area contributed by atoms with Gasteiger partial charge in [-0.3, -0.25) is 9.38 Å². The van der Waals surface area contributed by atoms with Gasteiger partial charge in [0.2, 0.25) is 0 Å². The highest BCUT2D eigenvalue weighted by Gasteiger charge is 2.27. The molecule has 3 rings (SSSR count). The van der Waals surface area contributed by atoms with E-state index in [1.54, 1.807) is 12.4 Å². The minimum absolute atomic E-state index is 0.252. The first-order valence-corrected chi connectivity index (χ1v) is 3.84. The fourth-order valence-electron chi connectivity index (χ4n) is 1.32. The largest absolute Gasteiger partial charge is 0.366 e. The van der Waals surface area contributed by atoms with E-state index in [0.717, 1.165) is 17.9 Å². The molecule has 1 atom stereocenters. The minimum atomic E-state index is 0.252. The Morgan fingerprint density at radius 3 is 3.25 bits per heavy atom. The number of rotatable bonds is 1. The molecule has 2 aromatic rings. The van der Waals surface area contributed by atoms with Gasteiger partial charge in [0.25, 0.3) is 0 Å². The lowest BCUT2D eigenvalue weighted by molar-refractivity contribution is 0.410. The van der Waals surface area contributed by atoms with E-state index in [-0.39, 0.29) is 6.10 Å². The molecule has 1 fully saturated rings. The number of hydrogen-bond donors (Lipinski definition) is 0. The normalized spacial score (nSPS) is 21.5. The van der Waals surface area contributed by atoms with Crippen LogP contribution in [0.25, 0.3) is 5.65 Å². The third kappa shape index (κ3) is 0.753. The van der Waals surface area contributed by atoms with Crippen LogP contribution in [0.2, 0.25) is 0 Å². The summed E-state index contributed by atoms with van der Waals surface area (Å²) in [6.45, 7) is 0.816. The van der Waals surface area contributed by atoms with Crippen LogP contribution in [0.3, 0.4) is 0 Å². The number of fused-ring (bicyclic) bond motifs is 1. The smallest absolute Gasteiger partial charge is 0.155 e. The van der Waals surface area contributed by atoms with Crippen LogP contribution in [0, 0.1) is 0 Å². The molecule has 1 saturated heterocycles. The van der Waals surface area contributed by atoms with Gasteiger partial charge in [0.15, 0.2) is 5.65 Å². The molecule has 4 nitrogen and oxygen atoms in total. The van der Waals surface area contributed by atoms with Gasteiger partial charge in [-0.25, -0.2) is 4.98 Å². The van der Waals surface area contributed by atoms with Gasteiger partial charge in [-0.1, -0.05) is 0 Å². The van der Waals surface area contributed by atoms with Gasteiger partial charge in [0, 0.05) is 12.4 Å². The lowest BCUT2D eigenvalue weighted by Gasteiger charge is -1.94. The van der Waals surface area contributed by atoms with E-state index in [9.17, 15) is 0 Å². The van der Waals surface area contributed by atoms with E-state index >= 15 is 0 Å². The van der Waals surface area contributed by atoms with Gasteiger partial charge in [0.05, 0.1) is 24.7 Å². The lowest BCUT2D eigenvalue weighted by Crippen LogP contribution is -1.90. The summed E-state index contributed by atoms with van der Waals surface area (Å²) >= 11 is 0. The molecule has 0 spiro atoms. The SMILES string of the molecule is c1cn2c([C@H]3CO3)cnc2cn1. The predicted molar refractivity (Wildman–Crippen MR) is 41.7 cm³/mol. The van der Waals surface area contributed by atoms with Crippen LogP contribution in [-0.4, -0.2) is 21.0 Å². The van der Waals surface area contributed by atoms with Crippen molar-refractivity contribution in [3.05, 3.63) is 30.5 Å². The Bertz CT molecular complexity index is 419. The maximum absolute atomic E-state index is 5.18. The molecule has 0 bridgehead atoms. The number of epoxide rings is 1. The molecule has 0 amide bonds. The average Bonchev–Trinajstić information content (AvgIpc) is 2.86. The van der Waals surface area contributed by atoms with Gasteiger partial charge < -0.3 is 4.74 Å². The molecule has 60 valence electrons. The average molecular weight is 161 g/mol. The van der Waals surface area contributed by atoms with Gasteiger partial charge in [0.1, 0.15) is 6.10 Å². The third-order valence-corrected chi connectivity index (χ3v) is 2.01. The Balaban J connectivity index is 2.30. The van der Waals surface area contributed by atoms with Gasteiger partial charge in [-0.15, -0.1) is 0 Å². The van der Waals surface area contributed by atoms with Crippen molar-refractivity contribution in [3.8, 4) is 0 Å². The topological polar surface area (TPSA) is 42.7 Å². The van der Waals surface area contributed by atoms with Crippen molar-refractivity contribution >= 4 is 5.65 Å². The van der Waals surface area contributed by atoms with Crippen molar-refractivity contribution in [3.63, 3.8) is 0 Å². The third-order valence-electron chi connectivity index (χ3n) is 2.01. The maximum atomic E-state index is 5.18. The standard InChI is InChI=1S/C8H7N3O/c1-2-11-6(7-5-12-7)3-10-8(11)4-9-1/h1-4,7H,5H2/t7-/m1/s1. The molecule has 1 aliphatic heterocycles. The quantitative estimate of drug-likeness (QED) is 0.581. The van der Waals surface area contributed by atoms with Crippen LogP contribution in [-0.2, 0) is 4.74 Å². The molecule has 0 saturated carbocycles. The van der Waals surface area contributed by atoms with Crippen molar-refractivity contribution < 1.29 is 4.74 Å². The highest BCUT2D eigenvalue weighted by Crippen LogP contribution is 2.29. The summed E-state index contributed by atoms with van der Waals surface area (Å²) < 4.78 is 7.18. The molecule has 2 aromatic heterocycles. The van der Waals surface area contributed by atoms with Crippen LogP contribution >= 0.6 is 0 Å². The number of hydrogen-bond acceptors (Lipinski definition) is 3. The zero-order valence-corrected chi connectivity index (χ0v) is 6.34. The van der Waals surface area contributed by atoms with Crippen molar-refractivity contribution in [1.82, 2.24) is 14.4 Å². The molecule has 0 aliphatic carbocycles. The Kier molecular flexibility index (Phi) is 1.04. The van der Waals surface area contributed by atoms with Crippen molar-refractivity contribution in [2.24, 2.45) is 0 Å². The molecule has 0 unspecified atom stereocenters. The van der Waals surface area contributed by atoms with Gasteiger partial charge >= 0.3 is 0 Å². The molecule has 0 radical (unpaired) electrons. The molecular formula is C8H7N3O. The molecule has 1 aliphatic rings. The number of nitrogens with zero attached hydrogens (tertiary/aromatic N) is 3. The Morgan fingerprint density at radius 1 is 1.50 bits per heavy atom. The summed E-state index contributed by atoms with van der Waals surface area (Å²) in [7, 11) is 0. The van der Waals surface area contributed by atoms with E-state index < -0.39 is 0 Å². The Hall–Kier alpha value is -1.42. The summed E-state index contributed by atoms with van der Waals surface area (Å²) in [5.74, 6) is 0. The second-order valence-corrected chi connectivity index (χ2v) is 2.81. The number of ether oxygens (including phenoxy) is 1. The van der Waals surface area contributed by atoms with E-state index in [0.29, 0.717) is 0 Å². The van der Waals surface area contributed by atoms with Crippen molar-refractivity contribution in [1.29, 1.82) is 0 Å².